The maximum absolute atomic E-state index is 13.4. The van der Waals surface area contributed by atoms with Gasteiger partial charge in [-0.3, -0.25) is 0 Å². The van der Waals surface area contributed by atoms with Crippen molar-refractivity contribution in [2.45, 2.75) is 51.5 Å². The third kappa shape index (κ3) is 3.10. The fraction of sp³-hybridized carbons (Fsp3) is 0.588. The second-order valence-electron chi connectivity index (χ2n) is 6.15. The first-order valence-electron chi connectivity index (χ1n) is 8.09. The first kappa shape index (κ1) is 14.5. The molecule has 0 bridgehead atoms. The lowest BCUT2D eigenvalue weighted by Gasteiger charge is -2.14. The number of aryl methyl sites for hydroxylation is 1. The van der Waals surface area contributed by atoms with Gasteiger partial charge in [0.2, 0.25) is 0 Å². The van der Waals surface area contributed by atoms with E-state index in [2.05, 4.69) is 11.5 Å². The van der Waals surface area contributed by atoms with E-state index in [-0.39, 0.29) is 5.82 Å². The summed E-state index contributed by atoms with van der Waals surface area (Å²) in [4.78, 5) is 4.69. The molecule has 0 amide bonds. The van der Waals surface area contributed by atoms with Crippen molar-refractivity contribution in [2.24, 2.45) is 11.7 Å². The standard InChI is InChI=1S/C17H24FN3/c1-2-12(9-10-19)3-8-17-20-15-11-13(18)4-7-16(15)21(17)14-5-6-14/h4,7,11-12,14H,2-3,5-6,8-10,19H2,1H3. The number of imidazole rings is 1. The molecule has 0 radical (unpaired) electrons. The van der Waals surface area contributed by atoms with Gasteiger partial charge in [-0.05, 0) is 50.3 Å². The molecule has 1 aromatic carbocycles. The number of hydrogen-bond acceptors (Lipinski definition) is 2. The summed E-state index contributed by atoms with van der Waals surface area (Å²) in [5, 5.41) is 0. The molecule has 4 heteroatoms. The second kappa shape index (κ2) is 6.14. The first-order valence-corrected chi connectivity index (χ1v) is 8.09. The molecule has 0 spiro atoms. The molecule has 3 rings (SSSR count). The van der Waals surface area contributed by atoms with Crippen LogP contribution in [0.25, 0.3) is 11.0 Å². The number of rotatable bonds is 7. The fourth-order valence-electron chi connectivity index (χ4n) is 3.16. The number of fused-ring (bicyclic) bond motifs is 1. The van der Waals surface area contributed by atoms with Crippen LogP contribution in [0.3, 0.4) is 0 Å². The summed E-state index contributed by atoms with van der Waals surface area (Å²) in [5.74, 6) is 1.58. The Hall–Kier alpha value is -1.42. The highest BCUT2D eigenvalue weighted by molar-refractivity contribution is 5.76. The van der Waals surface area contributed by atoms with Crippen LogP contribution in [0.2, 0.25) is 0 Å². The molecule has 1 fully saturated rings. The average molecular weight is 289 g/mol. The van der Waals surface area contributed by atoms with Crippen LogP contribution in [0.1, 0.15) is 50.9 Å². The van der Waals surface area contributed by atoms with Gasteiger partial charge in [-0.1, -0.05) is 13.3 Å². The summed E-state index contributed by atoms with van der Waals surface area (Å²) in [7, 11) is 0. The van der Waals surface area contributed by atoms with Crippen molar-refractivity contribution in [3.8, 4) is 0 Å². The predicted octanol–water partition coefficient (Wildman–Crippen LogP) is 3.82. The van der Waals surface area contributed by atoms with E-state index in [9.17, 15) is 4.39 Å². The largest absolute Gasteiger partial charge is 0.330 e. The number of halogens is 1. The molecule has 2 N–H and O–H groups in total. The van der Waals surface area contributed by atoms with E-state index >= 15 is 0 Å². The summed E-state index contributed by atoms with van der Waals surface area (Å²) >= 11 is 0. The van der Waals surface area contributed by atoms with Gasteiger partial charge in [0, 0.05) is 18.5 Å². The molecule has 1 aliphatic rings. The average Bonchev–Trinajstić information content (AvgIpc) is 3.24. The summed E-state index contributed by atoms with van der Waals surface area (Å²) in [6, 6.07) is 5.53. The topological polar surface area (TPSA) is 43.8 Å². The highest BCUT2D eigenvalue weighted by Gasteiger charge is 2.28. The van der Waals surface area contributed by atoms with Crippen molar-refractivity contribution < 1.29 is 4.39 Å². The first-order chi connectivity index (χ1) is 10.2. The lowest BCUT2D eigenvalue weighted by atomic mass is 9.96. The zero-order valence-electron chi connectivity index (χ0n) is 12.7. The Morgan fingerprint density at radius 3 is 2.86 bits per heavy atom. The van der Waals surface area contributed by atoms with Gasteiger partial charge in [-0.2, -0.15) is 0 Å². The van der Waals surface area contributed by atoms with Crippen LogP contribution >= 0.6 is 0 Å². The molecule has 0 aliphatic heterocycles. The third-order valence-corrected chi connectivity index (χ3v) is 4.57. The lowest BCUT2D eigenvalue weighted by Crippen LogP contribution is -2.10. The number of nitrogens with zero attached hydrogens (tertiary/aromatic N) is 2. The van der Waals surface area contributed by atoms with Gasteiger partial charge in [0.05, 0.1) is 11.0 Å². The molecule has 114 valence electrons. The predicted molar refractivity (Wildman–Crippen MR) is 83.7 cm³/mol. The van der Waals surface area contributed by atoms with Crippen molar-refractivity contribution in [3.63, 3.8) is 0 Å². The molecule has 1 aromatic heterocycles. The van der Waals surface area contributed by atoms with E-state index in [0.717, 1.165) is 49.1 Å². The van der Waals surface area contributed by atoms with E-state index in [0.29, 0.717) is 12.0 Å². The monoisotopic (exact) mass is 289 g/mol. The highest BCUT2D eigenvalue weighted by atomic mass is 19.1. The highest BCUT2D eigenvalue weighted by Crippen LogP contribution is 2.39. The molecule has 1 heterocycles. The van der Waals surface area contributed by atoms with Gasteiger partial charge in [-0.25, -0.2) is 9.37 Å². The Morgan fingerprint density at radius 2 is 2.19 bits per heavy atom. The van der Waals surface area contributed by atoms with Crippen molar-refractivity contribution in [3.05, 3.63) is 29.8 Å². The van der Waals surface area contributed by atoms with E-state index in [1.807, 2.05) is 6.07 Å². The summed E-state index contributed by atoms with van der Waals surface area (Å²) in [6.07, 6.45) is 6.76. The quantitative estimate of drug-likeness (QED) is 0.842. The van der Waals surface area contributed by atoms with Crippen molar-refractivity contribution in [2.75, 3.05) is 6.54 Å². The Morgan fingerprint density at radius 1 is 1.38 bits per heavy atom. The van der Waals surface area contributed by atoms with E-state index < -0.39 is 0 Å². The number of hydrogen-bond donors (Lipinski definition) is 1. The van der Waals surface area contributed by atoms with Gasteiger partial charge in [0.25, 0.3) is 0 Å². The zero-order valence-corrected chi connectivity index (χ0v) is 12.7. The van der Waals surface area contributed by atoms with E-state index in [1.54, 1.807) is 6.07 Å². The SMILES string of the molecule is CCC(CCN)CCc1nc2cc(F)ccc2n1C1CC1. The minimum atomic E-state index is -0.205. The van der Waals surface area contributed by atoms with Gasteiger partial charge in [0.15, 0.2) is 0 Å². The number of benzene rings is 1. The maximum Gasteiger partial charge on any atom is 0.125 e. The van der Waals surface area contributed by atoms with Crippen molar-refractivity contribution in [1.82, 2.24) is 9.55 Å². The summed E-state index contributed by atoms with van der Waals surface area (Å²) < 4.78 is 15.7. The van der Waals surface area contributed by atoms with Crippen LogP contribution in [0.15, 0.2) is 18.2 Å². The zero-order chi connectivity index (χ0) is 14.8. The molecule has 2 aromatic rings. The normalized spacial score (nSPS) is 16.5. The van der Waals surface area contributed by atoms with Crippen LogP contribution < -0.4 is 5.73 Å². The molecule has 1 atom stereocenters. The molecule has 1 aliphatic carbocycles. The van der Waals surface area contributed by atoms with Crippen LogP contribution in [0.5, 0.6) is 0 Å². The molecule has 1 saturated carbocycles. The van der Waals surface area contributed by atoms with E-state index in [1.165, 1.54) is 18.9 Å². The third-order valence-electron chi connectivity index (χ3n) is 4.57. The van der Waals surface area contributed by atoms with Gasteiger partial charge < -0.3 is 10.3 Å². The Kier molecular flexibility index (Phi) is 4.24. The molecule has 1 unspecified atom stereocenters. The summed E-state index contributed by atoms with van der Waals surface area (Å²) in [6.45, 7) is 2.97. The van der Waals surface area contributed by atoms with Crippen molar-refractivity contribution in [1.29, 1.82) is 0 Å². The van der Waals surface area contributed by atoms with E-state index in [4.69, 9.17) is 10.7 Å². The maximum atomic E-state index is 13.4. The minimum absolute atomic E-state index is 0.205. The fourth-order valence-corrected chi connectivity index (χ4v) is 3.16. The molecular weight excluding hydrogens is 265 g/mol. The number of aromatic nitrogens is 2. The minimum Gasteiger partial charge on any atom is -0.330 e. The van der Waals surface area contributed by atoms with Crippen molar-refractivity contribution >= 4 is 11.0 Å². The smallest absolute Gasteiger partial charge is 0.125 e. The second-order valence-corrected chi connectivity index (χ2v) is 6.15. The Bertz CT molecular complexity index is 616. The van der Waals surface area contributed by atoms with Gasteiger partial charge in [-0.15, -0.1) is 0 Å². The Balaban J connectivity index is 1.85. The van der Waals surface area contributed by atoms with Gasteiger partial charge in [0.1, 0.15) is 11.6 Å². The molecule has 21 heavy (non-hydrogen) atoms. The van der Waals surface area contributed by atoms with Crippen LogP contribution in [-0.4, -0.2) is 16.1 Å². The molecule has 3 nitrogen and oxygen atoms in total. The summed E-state index contributed by atoms with van der Waals surface area (Å²) in [5.41, 5.74) is 7.56. The van der Waals surface area contributed by atoms with Crippen LogP contribution in [0.4, 0.5) is 4.39 Å². The molecular formula is C17H24FN3. The molecule has 0 saturated heterocycles. The van der Waals surface area contributed by atoms with Gasteiger partial charge >= 0.3 is 0 Å². The van der Waals surface area contributed by atoms with Crippen LogP contribution in [-0.2, 0) is 6.42 Å². The van der Waals surface area contributed by atoms with Crippen LogP contribution in [0, 0.1) is 11.7 Å². The lowest BCUT2D eigenvalue weighted by molar-refractivity contribution is 0.435. The Labute approximate surface area is 125 Å². The number of nitrogens with two attached hydrogens (primary N) is 1.